The average molecular weight is 1060 g/mol. The van der Waals surface area contributed by atoms with Crippen molar-refractivity contribution in [2.45, 2.75) is 233 Å². The maximum Gasteiger partial charge on any atom is 0.229 e. The van der Waals surface area contributed by atoms with E-state index in [-0.39, 0.29) is 47.9 Å². The Morgan fingerprint density at radius 1 is 0.716 bits per heavy atom. The van der Waals surface area contributed by atoms with Crippen molar-refractivity contribution in [2.75, 3.05) is 26.4 Å². The van der Waals surface area contributed by atoms with Crippen molar-refractivity contribution in [3.05, 3.63) is 11.6 Å². The molecule has 74 heavy (non-hydrogen) atoms. The van der Waals surface area contributed by atoms with Gasteiger partial charge in [-0.3, -0.25) is 0 Å². The van der Waals surface area contributed by atoms with Crippen LogP contribution < -0.4 is 0 Å². The zero-order valence-electron chi connectivity index (χ0n) is 42.8. The van der Waals surface area contributed by atoms with Gasteiger partial charge in [0.25, 0.3) is 0 Å². The molecule has 0 aromatic rings. The van der Waals surface area contributed by atoms with Gasteiger partial charge in [-0.15, -0.1) is 0 Å². The molecule has 0 radical (unpaired) electrons. The highest BCUT2D eigenvalue weighted by Crippen LogP contribution is 2.70. The molecule has 0 spiro atoms. The molecule has 6 heterocycles. The van der Waals surface area contributed by atoms with Gasteiger partial charge in [-0.05, 0) is 98.7 Å². The molecule has 0 bridgehead atoms. The van der Waals surface area contributed by atoms with Gasteiger partial charge in [0.15, 0.2) is 30.9 Å². The first-order valence-electron chi connectivity index (χ1n) is 27.0. The van der Waals surface area contributed by atoms with Crippen molar-refractivity contribution in [3.63, 3.8) is 0 Å². The van der Waals surface area contributed by atoms with Crippen molar-refractivity contribution < 1.29 is 114 Å². The van der Waals surface area contributed by atoms with Gasteiger partial charge in [0.1, 0.15) is 85.5 Å². The largest absolute Gasteiger partial charge is 0.394 e. The topological polar surface area (TPSA) is 355 Å². The number of aliphatic hydroxyl groups excluding tert-OH is 12. The van der Waals surface area contributed by atoms with E-state index < -0.39 is 148 Å². The summed E-state index contributed by atoms with van der Waals surface area (Å²) in [6.07, 6.45) is -19.8. The third kappa shape index (κ3) is 9.29. The summed E-state index contributed by atoms with van der Waals surface area (Å²) < 4.78 is 60.7. The van der Waals surface area contributed by atoms with E-state index in [9.17, 15) is 66.4 Å². The zero-order chi connectivity index (χ0) is 53.1. The van der Waals surface area contributed by atoms with E-state index in [2.05, 4.69) is 26.8 Å². The quantitative estimate of drug-likeness (QED) is 0.0791. The van der Waals surface area contributed by atoms with Crippen molar-refractivity contribution in [2.24, 2.45) is 46.3 Å². The number of allylic oxidation sites excluding steroid dienone is 1. The summed E-state index contributed by atoms with van der Waals surface area (Å²) in [5.74, 6) is -2.32. The maximum absolute atomic E-state index is 12.2. The van der Waals surface area contributed by atoms with Crippen molar-refractivity contribution in [1.29, 1.82) is 0 Å². The van der Waals surface area contributed by atoms with Crippen LogP contribution in [0.25, 0.3) is 0 Å². The van der Waals surface area contributed by atoms with E-state index in [0.29, 0.717) is 43.4 Å². The lowest BCUT2D eigenvalue weighted by Crippen LogP contribution is -2.78. The minimum absolute atomic E-state index is 0.0573. The monoisotopic (exact) mass is 1060 g/mol. The number of fused-ring (bicyclic) bond motifs is 8. The molecule has 6 saturated heterocycles. The zero-order valence-corrected chi connectivity index (χ0v) is 42.8. The first kappa shape index (κ1) is 56.1. The normalized spacial score (nSPS) is 56.5. The van der Waals surface area contributed by atoms with Crippen LogP contribution >= 0.6 is 0 Å². The van der Waals surface area contributed by atoms with Crippen LogP contribution in [0.2, 0.25) is 0 Å². The van der Waals surface area contributed by atoms with Crippen LogP contribution in [0.1, 0.15) is 92.4 Å². The second-order valence-corrected chi connectivity index (χ2v) is 24.1. The Morgan fingerprint density at radius 3 is 2.03 bits per heavy atom. The number of aliphatic hydroxyl groups is 13. The fourth-order valence-corrected chi connectivity index (χ4v) is 15.3. The molecule has 10 rings (SSSR count). The van der Waals surface area contributed by atoms with Gasteiger partial charge < -0.3 is 114 Å². The predicted molar refractivity (Wildman–Crippen MR) is 248 cm³/mol. The van der Waals surface area contributed by atoms with Gasteiger partial charge >= 0.3 is 0 Å². The summed E-state index contributed by atoms with van der Waals surface area (Å²) in [6.45, 7) is 9.07. The van der Waals surface area contributed by atoms with E-state index in [1.165, 1.54) is 12.5 Å². The fraction of sp³-hybridized carbons (Fsp3) is 0.961. The highest BCUT2D eigenvalue weighted by molar-refractivity contribution is 5.26. The highest BCUT2D eigenvalue weighted by Gasteiger charge is 2.70. The lowest BCUT2D eigenvalue weighted by Gasteiger charge is -2.60. The second kappa shape index (κ2) is 21.0. The summed E-state index contributed by atoms with van der Waals surface area (Å²) in [5.41, 5.74) is 1.09. The first-order chi connectivity index (χ1) is 35.0. The molecular formula is C51H82O23. The summed E-state index contributed by atoms with van der Waals surface area (Å²) in [5, 5.41) is 138. The highest BCUT2D eigenvalue weighted by atomic mass is 16.8. The summed E-state index contributed by atoms with van der Waals surface area (Å²) in [6, 6.07) is 0. The molecule has 13 N–H and O–H groups in total. The molecule has 31 unspecified atom stereocenters. The van der Waals surface area contributed by atoms with Crippen LogP contribution in [-0.2, 0) is 47.4 Å². The van der Waals surface area contributed by atoms with Gasteiger partial charge in [0, 0.05) is 12.3 Å². The Hall–Kier alpha value is -1.18. The van der Waals surface area contributed by atoms with E-state index in [1.54, 1.807) is 0 Å². The predicted octanol–water partition coefficient (Wildman–Crippen LogP) is -2.64. The van der Waals surface area contributed by atoms with E-state index >= 15 is 0 Å². The van der Waals surface area contributed by atoms with Crippen LogP contribution in [0.5, 0.6) is 0 Å². The van der Waals surface area contributed by atoms with Gasteiger partial charge in [-0.25, -0.2) is 0 Å². The molecule has 3 saturated carbocycles. The van der Waals surface area contributed by atoms with Crippen molar-refractivity contribution in [1.82, 2.24) is 0 Å². The van der Waals surface area contributed by atoms with E-state index in [1.807, 2.05) is 6.92 Å². The standard InChI is InChI=1S/C51H82O23/c1-20(18-65-44-39(60)37(58)34(55)29(16-52)69-44)8-13-50(64)21(2)32-28(73-50)15-27-25-7-6-23-14-24(9-11-48(23,4)26(25)10-12-49(27,32)5)68-47-42(72-45-40(61)36(57)33(54)22(3)67-45)43(63)51(31(71-47)19-66-51)74-46-41(62)38(59)35(56)30(17-53)70-46/h6,20-22,24-47,52-64H,7-19H2,1-5H3. The molecule has 0 aromatic carbocycles. The molecular weight excluding hydrogens is 981 g/mol. The Bertz CT molecular complexity index is 1980. The fourth-order valence-electron chi connectivity index (χ4n) is 15.3. The smallest absolute Gasteiger partial charge is 0.229 e. The average Bonchev–Trinajstić information content (AvgIpc) is 3.81. The Labute approximate surface area is 430 Å². The van der Waals surface area contributed by atoms with Crippen LogP contribution in [0.3, 0.4) is 0 Å². The molecule has 31 atom stereocenters. The summed E-state index contributed by atoms with van der Waals surface area (Å²) in [4.78, 5) is 0. The molecule has 23 heteroatoms. The Kier molecular flexibility index (Phi) is 16.0. The van der Waals surface area contributed by atoms with Crippen LogP contribution in [-0.4, -0.2) is 233 Å². The summed E-state index contributed by atoms with van der Waals surface area (Å²) in [7, 11) is 0. The first-order valence-corrected chi connectivity index (χ1v) is 27.0. The summed E-state index contributed by atoms with van der Waals surface area (Å²) >= 11 is 0. The molecule has 4 aliphatic carbocycles. The van der Waals surface area contributed by atoms with Crippen LogP contribution in [0.15, 0.2) is 11.6 Å². The minimum atomic E-state index is -2.10. The second-order valence-electron chi connectivity index (χ2n) is 24.1. The van der Waals surface area contributed by atoms with Crippen LogP contribution in [0.4, 0.5) is 0 Å². The van der Waals surface area contributed by atoms with Gasteiger partial charge in [-0.1, -0.05) is 39.3 Å². The van der Waals surface area contributed by atoms with Crippen molar-refractivity contribution >= 4 is 0 Å². The third-order valence-electron chi connectivity index (χ3n) is 19.9. The molecule has 23 nitrogen and oxygen atoms in total. The van der Waals surface area contributed by atoms with Gasteiger partial charge in [-0.2, -0.15) is 0 Å². The molecule has 6 aliphatic heterocycles. The number of ether oxygens (including phenoxy) is 10. The van der Waals surface area contributed by atoms with Crippen molar-refractivity contribution in [3.8, 4) is 0 Å². The number of hydrogen-bond donors (Lipinski definition) is 13. The molecule has 0 amide bonds. The van der Waals surface area contributed by atoms with Crippen LogP contribution in [0, 0.1) is 46.3 Å². The molecule has 10 aliphatic rings. The van der Waals surface area contributed by atoms with E-state index in [4.69, 9.17) is 47.4 Å². The Balaban J connectivity index is 0.792. The van der Waals surface area contributed by atoms with E-state index in [0.717, 1.165) is 32.1 Å². The molecule has 424 valence electrons. The lowest BCUT2D eigenvalue weighted by atomic mass is 9.47. The molecule has 9 fully saturated rings. The molecule has 0 aromatic heterocycles. The third-order valence-corrected chi connectivity index (χ3v) is 19.9. The number of hydrogen-bond acceptors (Lipinski definition) is 23. The maximum atomic E-state index is 12.2. The minimum Gasteiger partial charge on any atom is -0.394 e. The SMILES string of the molecule is CC(CCC1(O)OC2CC3C4CC=C5CC(OC6OC7COC7(OC7OC(CO)C(O)C(O)C7O)C(O)C6OC6OC(C)C(O)C(O)C6O)CCC5(C)C4CCC3(C)C2C1C)COC1OC(CO)C(O)C(O)C1O. The number of rotatable bonds is 14. The lowest BCUT2D eigenvalue weighted by molar-refractivity contribution is -0.503. The van der Waals surface area contributed by atoms with Gasteiger partial charge in [0.05, 0.1) is 44.7 Å². The Morgan fingerprint density at radius 2 is 1.36 bits per heavy atom. The van der Waals surface area contributed by atoms with Gasteiger partial charge in [0.2, 0.25) is 5.79 Å².